The lowest BCUT2D eigenvalue weighted by Gasteiger charge is -2.35. The van der Waals surface area contributed by atoms with Crippen molar-refractivity contribution in [3.63, 3.8) is 0 Å². The third-order valence-corrected chi connectivity index (χ3v) is 4.20. The summed E-state index contributed by atoms with van der Waals surface area (Å²) in [7, 11) is 1.98. The number of piperidine rings is 1. The lowest BCUT2D eigenvalue weighted by molar-refractivity contribution is -0.141. The lowest BCUT2D eigenvalue weighted by Crippen LogP contribution is -2.50. The highest BCUT2D eigenvalue weighted by Gasteiger charge is 2.27. The Hall–Kier alpha value is -2.05. The SMILES string of the molecule is CCOC(=O)CNC(=O)N1CCCCC1CCc1nccn1C. The quantitative estimate of drug-likeness (QED) is 0.805. The maximum absolute atomic E-state index is 12.3. The summed E-state index contributed by atoms with van der Waals surface area (Å²) in [6, 6.07) is 0.0187. The molecule has 2 rings (SSSR count). The molecule has 7 heteroatoms. The zero-order valence-electron chi connectivity index (χ0n) is 14.0. The Kier molecular flexibility index (Phi) is 6.43. The molecule has 1 N–H and O–H groups in total. The molecule has 0 saturated carbocycles. The molecule has 128 valence electrons. The molecule has 0 radical (unpaired) electrons. The van der Waals surface area contributed by atoms with Crippen LogP contribution in [0.25, 0.3) is 0 Å². The number of aryl methyl sites for hydroxylation is 2. The van der Waals surface area contributed by atoms with E-state index in [0.29, 0.717) is 6.61 Å². The van der Waals surface area contributed by atoms with E-state index in [4.69, 9.17) is 4.74 Å². The van der Waals surface area contributed by atoms with Crippen LogP contribution in [0.4, 0.5) is 4.79 Å². The number of aromatic nitrogens is 2. The molecule has 7 nitrogen and oxygen atoms in total. The van der Waals surface area contributed by atoms with Crippen LogP contribution in [0.2, 0.25) is 0 Å². The Morgan fingerprint density at radius 3 is 2.96 bits per heavy atom. The Balaban J connectivity index is 1.86. The molecule has 0 bridgehead atoms. The molecule has 1 saturated heterocycles. The maximum atomic E-state index is 12.3. The Morgan fingerprint density at radius 2 is 2.26 bits per heavy atom. The van der Waals surface area contributed by atoms with Gasteiger partial charge in [-0.05, 0) is 32.6 Å². The van der Waals surface area contributed by atoms with Crippen molar-refractivity contribution >= 4 is 12.0 Å². The van der Waals surface area contributed by atoms with Gasteiger partial charge in [-0.2, -0.15) is 0 Å². The first-order valence-corrected chi connectivity index (χ1v) is 8.28. The molecular formula is C16H26N4O3. The number of imidazole rings is 1. The topological polar surface area (TPSA) is 76.5 Å². The highest BCUT2D eigenvalue weighted by atomic mass is 16.5. The summed E-state index contributed by atoms with van der Waals surface area (Å²) in [5.41, 5.74) is 0. The van der Waals surface area contributed by atoms with E-state index in [0.717, 1.165) is 44.5 Å². The van der Waals surface area contributed by atoms with E-state index in [9.17, 15) is 9.59 Å². The monoisotopic (exact) mass is 322 g/mol. The van der Waals surface area contributed by atoms with Gasteiger partial charge in [0.05, 0.1) is 6.61 Å². The number of ether oxygens (including phenoxy) is 1. The van der Waals surface area contributed by atoms with Crippen LogP contribution in [0.3, 0.4) is 0 Å². The average molecular weight is 322 g/mol. The van der Waals surface area contributed by atoms with Gasteiger partial charge >= 0.3 is 12.0 Å². The summed E-state index contributed by atoms with van der Waals surface area (Å²) in [5, 5.41) is 2.66. The fourth-order valence-corrected chi connectivity index (χ4v) is 2.96. The molecular weight excluding hydrogens is 296 g/mol. The summed E-state index contributed by atoms with van der Waals surface area (Å²) in [4.78, 5) is 29.9. The predicted octanol–water partition coefficient (Wildman–Crippen LogP) is 1.48. The van der Waals surface area contributed by atoms with Crippen molar-refractivity contribution in [3.8, 4) is 0 Å². The van der Waals surface area contributed by atoms with Gasteiger partial charge in [0, 0.05) is 38.4 Å². The number of hydrogen-bond donors (Lipinski definition) is 1. The number of nitrogens with zero attached hydrogens (tertiary/aromatic N) is 3. The number of nitrogens with one attached hydrogen (secondary N) is 1. The molecule has 1 aromatic rings. The van der Waals surface area contributed by atoms with Crippen LogP contribution in [-0.2, 0) is 23.0 Å². The number of rotatable bonds is 6. The minimum Gasteiger partial charge on any atom is -0.465 e. The molecule has 1 aromatic heterocycles. The zero-order chi connectivity index (χ0) is 16.7. The van der Waals surface area contributed by atoms with Crippen molar-refractivity contribution in [2.24, 2.45) is 7.05 Å². The van der Waals surface area contributed by atoms with Gasteiger partial charge in [0.15, 0.2) is 0 Å². The van der Waals surface area contributed by atoms with Gasteiger partial charge in [-0.25, -0.2) is 9.78 Å². The van der Waals surface area contributed by atoms with E-state index in [1.165, 1.54) is 0 Å². The highest BCUT2D eigenvalue weighted by molar-refractivity contribution is 5.81. The second-order valence-electron chi connectivity index (χ2n) is 5.80. The van der Waals surface area contributed by atoms with Gasteiger partial charge in [-0.15, -0.1) is 0 Å². The van der Waals surface area contributed by atoms with Crippen LogP contribution in [0.15, 0.2) is 12.4 Å². The Bertz CT molecular complexity index is 529. The predicted molar refractivity (Wildman–Crippen MR) is 85.9 cm³/mol. The Labute approximate surface area is 137 Å². The van der Waals surface area contributed by atoms with Crippen molar-refractivity contribution in [2.75, 3.05) is 19.7 Å². The highest BCUT2D eigenvalue weighted by Crippen LogP contribution is 2.21. The van der Waals surface area contributed by atoms with Crippen LogP contribution in [-0.4, -0.2) is 52.2 Å². The Morgan fingerprint density at radius 1 is 1.43 bits per heavy atom. The summed E-state index contributed by atoms with van der Waals surface area (Å²) in [6.45, 7) is 2.73. The normalized spacial score (nSPS) is 17.8. The lowest BCUT2D eigenvalue weighted by atomic mass is 9.98. The minimum absolute atomic E-state index is 0.0741. The van der Waals surface area contributed by atoms with E-state index in [-0.39, 0.29) is 18.6 Å². The maximum Gasteiger partial charge on any atom is 0.325 e. The standard InChI is InChI=1S/C16H26N4O3/c1-3-23-15(21)12-18-16(22)20-10-5-4-6-13(20)7-8-14-17-9-11-19(14)2/h9,11,13H,3-8,10,12H2,1-2H3,(H,18,22). The van der Waals surface area contributed by atoms with Crippen molar-refractivity contribution < 1.29 is 14.3 Å². The minimum atomic E-state index is -0.401. The summed E-state index contributed by atoms with van der Waals surface area (Å²) in [5.74, 6) is 0.630. The van der Waals surface area contributed by atoms with Crippen LogP contribution < -0.4 is 5.32 Å². The van der Waals surface area contributed by atoms with E-state index >= 15 is 0 Å². The van der Waals surface area contributed by atoms with E-state index in [1.807, 2.05) is 22.7 Å². The van der Waals surface area contributed by atoms with Crippen LogP contribution in [0.1, 0.15) is 38.4 Å². The molecule has 1 unspecified atom stereocenters. The van der Waals surface area contributed by atoms with Gasteiger partial charge < -0.3 is 19.5 Å². The van der Waals surface area contributed by atoms with Crippen molar-refractivity contribution in [1.82, 2.24) is 19.8 Å². The fraction of sp³-hybridized carbons (Fsp3) is 0.688. The number of carbonyl (C=O) groups excluding carboxylic acids is 2. The number of carbonyl (C=O) groups is 2. The van der Waals surface area contributed by atoms with Gasteiger partial charge in [-0.3, -0.25) is 4.79 Å². The number of urea groups is 1. The smallest absolute Gasteiger partial charge is 0.325 e. The van der Waals surface area contributed by atoms with Crippen molar-refractivity contribution in [3.05, 3.63) is 18.2 Å². The van der Waals surface area contributed by atoms with Crippen molar-refractivity contribution in [1.29, 1.82) is 0 Å². The summed E-state index contributed by atoms with van der Waals surface area (Å²) in [6.07, 6.45) is 8.59. The van der Waals surface area contributed by atoms with E-state index < -0.39 is 5.97 Å². The van der Waals surface area contributed by atoms with Gasteiger partial charge in [-0.1, -0.05) is 0 Å². The van der Waals surface area contributed by atoms with E-state index in [2.05, 4.69) is 10.3 Å². The van der Waals surface area contributed by atoms with Crippen LogP contribution in [0, 0.1) is 0 Å². The molecule has 1 fully saturated rings. The third kappa shape index (κ3) is 4.97. The second kappa shape index (κ2) is 8.55. The molecule has 1 atom stereocenters. The first-order chi connectivity index (χ1) is 11.1. The second-order valence-corrected chi connectivity index (χ2v) is 5.80. The number of esters is 1. The molecule has 0 spiro atoms. The molecule has 1 aliphatic rings. The van der Waals surface area contributed by atoms with Gasteiger partial charge in [0.1, 0.15) is 12.4 Å². The first-order valence-electron chi connectivity index (χ1n) is 8.28. The fourth-order valence-electron chi connectivity index (χ4n) is 2.96. The van der Waals surface area contributed by atoms with Gasteiger partial charge in [0.2, 0.25) is 0 Å². The van der Waals surface area contributed by atoms with E-state index in [1.54, 1.807) is 13.1 Å². The number of likely N-dealkylation sites (tertiary alicyclic amines) is 1. The zero-order valence-corrected chi connectivity index (χ0v) is 14.0. The largest absolute Gasteiger partial charge is 0.465 e. The number of hydrogen-bond acceptors (Lipinski definition) is 4. The molecule has 2 heterocycles. The average Bonchev–Trinajstić information content (AvgIpc) is 2.96. The molecule has 23 heavy (non-hydrogen) atoms. The number of amides is 2. The van der Waals surface area contributed by atoms with Crippen LogP contribution in [0.5, 0.6) is 0 Å². The van der Waals surface area contributed by atoms with Crippen molar-refractivity contribution in [2.45, 2.75) is 45.1 Å². The first kappa shape index (κ1) is 17.3. The molecule has 1 aliphatic heterocycles. The summed E-state index contributed by atoms with van der Waals surface area (Å²) < 4.78 is 6.84. The molecule has 0 aromatic carbocycles. The summed E-state index contributed by atoms with van der Waals surface area (Å²) >= 11 is 0. The van der Waals surface area contributed by atoms with Crippen LogP contribution >= 0.6 is 0 Å². The molecule has 0 aliphatic carbocycles. The van der Waals surface area contributed by atoms with Gasteiger partial charge in [0.25, 0.3) is 0 Å². The third-order valence-electron chi connectivity index (χ3n) is 4.20. The molecule has 2 amide bonds.